The van der Waals surface area contributed by atoms with Crippen molar-refractivity contribution in [2.24, 2.45) is 5.92 Å². The second kappa shape index (κ2) is 6.15. The predicted octanol–water partition coefficient (Wildman–Crippen LogP) is 0.567. The lowest BCUT2D eigenvalue weighted by Gasteiger charge is -2.31. The van der Waals surface area contributed by atoms with Crippen LogP contribution in [0.2, 0.25) is 0 Å². The number of nitrogens with one attached hydrogen (secondary N) is 1. The molecule has 0 aromatic carbocycles. The molecule has 1 aliphatic rings. The van der Waals surface area contributed by atoms with Crippen molar-refractivity contribution in [3.05, 3.63) is 5.89 Å². The van der Waals surface area contributed by atoms with Gasteiger partial charge in [0, 0.05) is 26.2 Å². The zero-order valence-corrected chi connectivity index (χ0v) is 11.5. The van der Waals surface area contributed by atoms with Crippen LogP contribution in [-0.4, -0.2) is 54.8 Å². The summed E-state index contributed by atoms with van der Waals surface area (Å²) in [5.74, 6) is 2.03. The van der Waals surface area contributed by atoms with Gasteiger partial charge in [0.25, 0.3) is 5.95 Å². The number of nitrogens with zero attached hydrogens (tertiary/aromatic N) is 4. The first-order valence-corrected chi connectivity index (χ1v) is 6.62. The summed E-state index contributed by atoms with van der Waals surface area (Å²) >= 11 is 0. The van der Waals surface area contributed by atoms with Crippen LogP contribution in [0.5, 0.6) is 0 Å². The molecular formula is C12H23N5O. The predicted molar refractivity (Wildman–Crippen MR) is 70.6 cm³/mol. The summed E-state index contributed by atoms with van der Waals surface area (Å²) in [6.45, 7) is 10.0. The average Bonchev–Trinajstić information content (AvgIpc) is 2.78. The van der Waals surface area contributed by atoms with Crippen molar-refractivity contribution in [3.63, 3.8) is 0 Å². The number of piperazine rings is 1. The van der Waals surface area contributed by atoms with Crippen LogP contribution in [0.3, 0.4) is 0 Å². The molecule has 1 aromatic heterocycles. The highest BCUT2D eigenvalue weighted by atomic mass is 16.5. The fourth-order valence-electron chi connectivity index (χ4n) is 1.92. The molecule has 1 aliphatic heterocycles. The molecule has 6 heteroatoms. The normalized spacial score (nSPS) is 17.7. The number of aromatic nitrogens is 2. The number of anilines is 1. The minimum atomic E-state index is 0.630. The Morgan fingerprint density at radius 1 is 1.28 bits per heavy atom. The van der Waals surface area contributed by atoms with E-state index >= 15 is 0 Å². The van der Waals surface area contributed by atoms with E-state index in [0.29, 0.717) is 18.4 Å². The van der Waals surface area contributed by atoms with Gasteiger partial charge in [-0.3, -0.25) is 0 Å². The van der Waals surface area contributed by atoms with Gasteiger partial charge in [0.05, 0.1) is 6.54 Å². The molecule has 1 saturated heterocycles. The van der Waals surface area contributed by atoms with E-state index < -0.39 is 0 Å². The Labute approximate surface area is 108 Å². The third-order valence-corrected chi connectivity index (χ3v) is 3.07. The fourth-order valence-corrected chi connectivity index (χ4v) is 1.92. The van der Waals surface area contributed by atoms with Crippen LogP contribution in [0.4, 0.5) is 5.95 Å². The Kier molecular flexibility index (Phi) is 4.54. The Morgan fingerprint density at radius 3 is 2.67 bits per heavy atom. The number of likely N-dealkylation sites (N-methyl/N-ethyl adjacent to an activating group) is 1. The van der Waals surface area contributed by atoms with Gasteiger partial charge in [-0.2, -0.15) is 4.98 Å². The van der Waals surface area contributed by atoms with Crippen LogP contribution in [0.25, 0.3) is 0 Å². The minimum absolute atomic E-state index is 0.630. The lowest BCUT2D eigenvalue weighted by molar-refractivity contribution is 0.308. The van der Waals surface area contributed by atoms with Gasteiger partial charge in [-0.25, -0.2) is 0 Å². The monoisotopic (exact) mass is 253 g/mol. The number of rotatable bonds is 5. The van der Waals surface area contributed by atoms with Crippen molar-refractivity contribution in [3.8, 4) is 0 Å². The van der Waals surface area contributed by atoms with Gasteiger partial charge < -0.3 is 19.6 Å². The molecule has 1 fully saturated rings. The lowest BCUT2D eigenvalue weighted by atomic mass is 10.2. The van der Waals surface area contributed by atoms with Crippen molar-refractivity contribution in [2.45, 2.75) is 20.4 Å². The van der Waals surface area contributed by atoms with Crippen molar-refractivity contribution < 1.29 is 4.52 Å². The van der Waals surface area contributed by atoms with Crippen molar-refractivity contribution >= 4 is 5.95 Å². The first-order valence-electron chi connectivity index (χ1n) is 6.62. The van der Waals surface area contributed by atoms with Crippen molar-refractivity contribution in [2.75, 3.05) is 44.7 Å². The van der Waals surface area contributed by atoms with E-state index in [1.807, 2.05) is 0 Å². The first-order chi connectivity index (χ1) is 8.65. The molecule has 1 N–H and O–H groups in total. The number of hydrogen-bond donors (Lipinski definition) is 1. The molecule has 6 nitrogen and oxygen atoms in total. The molecule has 2 heterocycles. The molecule has 0 saturated carbocycles. The zero-order chi connectivity index (χ0) is 13.0. The molecule has 0 amide bonds. The van der Waals surface area contributed by atoms with Crippen LogP contribution in [0.15, 0.2) is 4.52 Å². The zero-order valence-electron chi connectivity index (χ0n) is 11.5. The molecule has 0 bridgehead atoms. The highest BCUT2D eigenvalue weighted by Gasteiger charge is 2.18. The highest BCUT2D eigenvalue weighted by molar-refractivity contribution is 5.28. The fraction of sp³-hybridized carbons (Fsp3) is 0.833. The van der Waals surface area contributed by atoms with Gasteiger partial charge in [-0.05, 0) is 24.7 Å². The Hall–Kier alpha value is -1.14. The Morgan fingerprint density at radius 2 is 2.00 bits per heavy atom. The standard InChI is InChI=1S/C12H23N5O/c1-10(2)8-13-9-11-14-12(15-18-11)17-6-4-16(3)5-7-17/h10,13H,4-9H2,1-3H3. The van der Waals surface area contributed by atoms with E-state index in [4.69, 9.17) is 4.52 Å². The minimum Gasteiger partial charge on any atom is -0.336 e. The third-order valence-electron chi connectivity index (χ3n) is 3.07. The van der Waals surface area contributed by atoms with Gasteiger partial charge in [-0.1, -0.05) is 13.8 Å². The lowest BCUT2D eigenvalue weighted by Crippen LogP contribution is -2.44. The number of hydrogen-bond acceptors (Lipinski definition) is 6. The quantitative estimate of drug-likeness (QED) is 0.828. The molecule has 1 aromatic rings. The largest absolute Gasteiger partial charge is 0.336 e. The summed E-state index contributed by atoms with van der Waals surface area (Å²) in [6.07, 6.45) is 0. The van der Waals surface area contributed by atoms with E-state index in [2.05, 4.69) is 46.2 Å². The van der Waals surface area contributed by atoms with E-state index in [-0.39, 0.29) is 0 Å². The second-order valence-corrected chi connectivity index (χ2v) is 5.30. The van der Waals surface area contributed by atoms with E-state index in [0.717, 1.165) is 38.7 Å². The first kappa shape index (κ1) is 13.3. The third kappa shape index (κ3) is 3.68. The summed E-state index contributed by atoms with van der Waals surface area (Å²) < 4.78 is 5.25. The summed E-state index contributed by atoms with van der Waals surface area (Å²) in [4.78, 5) is 8.91. The molecule has 18 heavy (non-hydrogen) atoms. The van der Waals surface area contributed by atoms with Crippen LogP contribution < -0.4 is 10.2 Å². The van der Waals surface area contributed by atoms with E-state index in [9.17, 15) is 0 Å². The summed E-state index contributed by atoms with van der Waals surface area (Å²) in [7, 11) is 2.13. The molecular weight excluding hydrogens is 230 g/mol. The van der Waals surface area contributed by atoms with Gasteiger partial charge in [0.1, 0.15) is 0 Å². The molecule has 102 valence electrons. The van der Waals surface area contributed by atoms with Crippen LogP contribution in [-0.2, 0) is 6.54 Å². The van der Waals surface area contributed by atoms with Gasteiger partial charge in [0.2, 0.25) is 5.89 Å². The van der Waals surface area contributed by atoms with Crippen LogP contribution in [0, 0.1) is 5.92 Å². The molecule has 2 rings (SSSR count). The van der Waals surface area contributed by atoms with E-state index in [1.165, 1.54) is 0 Å². The summed E-state index contributed by atoms with van der Waals surface area (Å²) in [5, 5.41) is 7.35. The van der Waals surface area contributed by atoms with Crippen molar-refractivity contribution in [1.82, 2.24) is 20.4 Å². The maximum atomic E-state index is 5.25. The van der Waals surface area contributed by atoms with E-state index in [1.54, 1.807) is 0 Å². The smallest absolute Gasteiger partial charge is 0.266 e. The average molecular weight is 253 g/mol. The molecule has 0 atom stereocenters. The Bertz CT molecular complexity index is 357. The Balaban J connectivity index is 1.82. The van der Waals surface area contributed by atoms with Gasteiger partial charge in [-0.15, -0.1) is 0 Å². The van der Waals surface area contributed by atoms with Gasteiger partial charge in [0.15, 0.2) is 0 Å². The molecule has 0 radical (unpaired) electrons. The SMILES string of the molecule is CC(C)CNCc1nc(N2CCN(C)CC2)no1. The summed E-state index contributed by atoms with van der Waals surface area (Å²) in [6, 6.07) is 0. The van der Waals surface area contributed by atoms with Crippen LogP contribution in [0.1, 0.15) is 19.7 Å². The summed E-state index contributed by atoms with van der Waals surface area (Å²) in [5.41, 5.74) is 0. The maximum absolute atomic E-state index is 5.25. The maximum Gasteiger partial charge on any atom is 0.266 e. The van der Waals surface area contributed by atoms with Crippen LogP contribution >= 0.6 is 0 Å². The molecule has 0 unspecified atom stereocenters. The highest BCUT2D eigenvalue weighted by Crippen LogP contribution is 2.11. The van der Waals surface area contributed by atoms with Crippen molar-refractivity contribution in [1.29, 1.82) is 0 Å². The second-order valence-electron chi connectivity index (χ2n) is 5.30. The topological polar surface area (TPSA) is 57.4 Å². The molecule has 0 aliphatic carbocycles. The molecule has 0 spiro atoms. The van der Waals surface area contributed by atoms with Gasteiger partial charge >= 0.3 is 0 Å².